The molecular formula is C12H15BrClNO. The Morgan fingerprint density at radius 1 is 1.56 bits per heavy atom. The van der Waals surface area contributed by atoms with Crippen molar-refractivity contribution in [2.24, 2.45) is 0 Å². The Labute approximate surface area is 109 Å². The Morgan fingerprint density at radius 2 is 2.31 bits per heavy atom. The molecule has 0 amide bonds. The second-order valence-corrected chi connectivity index (χ2v) is 5.37. The smallest absolute Gasteiger partial charge is 0.138 e. The van der Waals surface area contributed by atoms with Crippen LogP contribution in [0, 0.1) is 0 Å². The van der Waals surface area contributed by atoms with Crippen LogP contribution in [0.25, 0.3) is 0 Å². The number of nitrogens with one attached hydrogen (secondary N) is 1. The third-order valence-corrected chi connectivity index (χ3v) is 3.56. The predicted molar refractivity (Wildman–Crippen MR) is 70.3 cm³/mol. The van der Waals surface area contributed by atoms with E-state index in [-0.39, 0.29) is 6.10 Å². The van der Waals surface area contributed by atoms with Crippen molar-refractivity contribution in [3.63, 3.8) is 0 Å². The number of ether oxygens (including phenoxy) is 1. The fourth-order valence-electron chi connectivity index (χ4n) is 2.11. The maximum absolute atomic E-state index is 6.07. The van der Waals surface area contributed by atoms with Crippen LogP contribution in [-0.4, -0.2) is 12.6 Å². The van der Waals surface area contributed by atoms with Crippen LogP contribution in [0.1, 0.15) is 31.9 Å². The van der Waals surface area contributed by atoms with Gasteiger partial charge in [0.25, 0.3) is 0 Å². The highest BCUT2D eigenvalue weighted by atomic mass is 79.9. The minimum atomic E-state index is 0.231. The lowest BCUT2D eigenvalue weighted by Crippen LogP contribution is -2.31. The van der Waals surface area contributed by atoms with E-state index in [1.54, 1.807) is 0 Å². The lowest BCUT2D eigenvalue weighted by molar-refractivity contribution is 0.166. The van der Waals surface area contributed by atoms with Crippen molar-refractivity contribution >= 4 is 27.5 Å². The van der Waals surface area contributed by atoms with Crippen LogP contribution in [-0.2, 0) is 0 Å². The van der Waals surface area contributed by atoms with E-state index < -0.39 is 0 Å². The minimum Gasteiger partial charge on any atom is -0.489 e. The van der Waals surface area contributed by atoms with Crippen molar-refractivity contribution in [3.8, 4) is 5.75 Å². The van der Waals surface area contributed by atoms with Gasteiger partial charge in [-0.3, -0.25) is 0 Å². The van der Waals surface area contributed by atoms with Gasteiger partial charge in [0.05, 0.1) is 10.6 Å². The summed E-state index contributed by atoms with van der Waals surface area (Å²) >= 11 is 9.57. The molecule has 0 bridgehead atoms. The summed E-state index contributed by atoms with van der Waals surface area (Å²) in [5.74, 6) is 0.925. The Bertz CT molecular complexity index is 397. The standard InChI is InChI=1S/C12H15BrClNO/c1-3-15-11-4-7(2)16-12-9(11)5-8(14)6-10(12)13/h5-7,11,15H,3-4H2,1-2H3. The number of hydrogen-bond donors (Lipinski definition) is 1. The lowest BCUT2D eigenvalue weighted by atomic mass is 9.97. The first kappa shape index (κ1) is 12.2. The van der Waals surface area contributed by atoms with E-state index in [4.69, 9.17) is 16.3 Å². The molecule has 0 fully saturated rings. The van der Waals surface area contributed by atoms with E-state index in [9.17, 15) is 0 Å². The molecule has 0 saturated heterocycles. The summed E-state index contributed by atoms with van der Waals surface area (Å²) in [6, 6.07) is 4.20. The first-order valence-corrected chi connectivity index (χ1v) is 6.68. The molecule has 2 rings (SSSR count). The largest absolute Gasteiger partial charge is 0.489 e. The van der Waals surface area contributed by atoms with Crippen molar-refractivity contribution in [2.75, 3.05) is 6.54 Å². The van der Waals surface area contributed by atoms with Gasteiger partial charge in [-0.1, -0.05) is 18.5 Å². The number of fused-ring (bicyclic) bond motifs is 1. The van der Waals surface area contributed by atoms with Gasteiger partial charge in [-0.25, -0.2) is 0 Å². The molecule has 88 valence electrons. The maximum atomic E-state index is 6.07. The van der Waals surface area contributed by atoms with E-state index in [0.29, 0.717) is 6.04 Å². The molecule has 2 unspecified atom stereocenters. The molecule has 4 heteroatoms. The van der Waals surface area contributed by atoms with Crippen LogP contribution in [0.2, 0.25) is 5.02 Å². The molecule has 1 aromatic rings. The van der Waals surface area contributed by atoms with Gasteiger partial charge in [0.1, 0.15) is 5.75 Å². The first-order valence-electron chi connectivity index (χ1n) is 5.50. The van der Waals surface area contributed by atoms with Crippen molar-refractivity contribution < 1.29 is 4.74 Å². The second kappa shape index (κ2) is 4.94. The molecule has 16 heavy (non-hydrogen) atoms. The van der Waals surface area contributed by atoms with E-state index >= 15 is 0 Å². The van der Waals surface area contributed by atoms with Gasteiger partial charge >= 0.3 is 0 Å². The van der Waals surface area contributed by atoms with Crippen LogP contribution >= 0.6 is 27.5 Å². The maximum Gasteiger partial charge on any atom is 0.138 e. The molecule has 0 aromatic heterocycles. The topological polar surface area (TPSA) is 21.3 Å². The quantitative estimate of drug-likeness (QED) is 0.894. The molecule has 0 spiro atoms. The van der Waals surface area contributed by atoms with E-state index in [1.165, 1.54) is 0 Å². The van der Waals surface area contributed by atoms with Gasteiger partial charge in [-0.05, 0) is 41.5 Å². The summed E-state index contributed by atoms with van der Waals surface area (Å²) in [6.07, 6.45) is 1.21. The fourth-order valence-corrected chi connectivity index (χ4v) is 3.04. The number of rotatable bonds is 2. The number of halogens is 2. The van der Waals surface area contributed by atoms with Gasteiger partial charge in [-0.2, -0.15) is 0 Å². The van der Waals surface area contributed by atoms with Crippen LogP contribution in [0.5, 0.6) is 5.75 Å². The van der Waals surface area contributed by atoms with E-state index in [0.717, 1.165) is 33.8 Å². The Hall–Kier alpha value is -0.250. The van der Waals surface area contributed by atoms with Gasteiger partial charge in [0, 0.05) is 23.0 Å². The molecular weight excluding hydrogens is 289 g/mol. The summed E-state index contributed by atoms with van der Waals surface area (Å²) in [7, 11) is 0. The molecule has 1 aliphatic rings. The highest BCUT2D eigenvalue weighted by Crippen LogP contribution is 2.41. The molecule has 1 aliphatic heterocycles. The molecule has 1 heterocycles. The molecule has 2 nitrogen and oxygen atoms in total. The second-order valence-electron chi connectivity index (χ2n) is 4.08. The predicted octanol–water partition coefficient (Wildman–Crippen LogP) is 3.92. The van der Waals surface area contributed by atoms with Crippen LogP contribution < -0.4 is 10.1 Å². The SMILES string of the molecule is CCNC1CC(C)Oc2c(Br)cc(Cl)cc21. The zero-order chi connectivity index (χ0) is 11.7. The molecule has 0 radical (unpaired) electrons. The highest BCUT2D eigenvalue weighted by molar-refractivity contribution is 9.10. The third kappa shape index (κ3) is 2.36. The fraction of sp³-hybridized carbons (Fsp3) is 0.500. The van der Waals surface area contributed by atoms with Crippen molar-refractivity contribution in [1.29, 1.82) is 0 Å². The van der Waals surface area contributed by atoms with Crippen LogP contribution in [0.4, 0.5) is 0 Å². The zero-order valence-electron chi connectivity index (χ0n) is 9.39. The van der Waals surface area contributed by atoms with Gasteiger partial charge < -0.3 is 10.1 Å². The molecule has 0 saturated carbocycles. The monoisotopic (exact) mass is 303 g/mol. The molecule has 1 aromatic carbocycles. The summed E-state index contributed by atoms with van der Waals surface area (Å²) in [5.41, 5.74) is 1.15. The molecule has 1 N–H and O–H groups in total. The van der Waals surface area contributed by atoms with E-state index in [2.05, 4.69) is 35.1 Å². The van der Waals surface area contributed by atoms with Crippen molar-refractivity contribution in [1.82, 2.24) is 5.32 Å². The minimum absolute atomic E-state index is 0.231. The van der Waals surface area contributed by atoms with Crippen LogP contribution in [0.15, 0.2) is 16.6 Å². The first-order chi connectivity index (χ1) is 7.61. The zero-order valence-corrected chi connectivity index (χ0v) is 11.7. The molecule has 2 atom stereocenters. The summed E-state index contributed by atoms with van der Waals surface area (Å²) < 4.78 is 6.78. The van der Waals surface area contributed by atoms with Gasteiger partial charge in [0.2, 0.25) is 0 Å². The third-order valence-electron chi connectivity index (χ3n) is 2.75. The molecule has 0 aliphatic carbocycles. The Morgan fingerprint density at radius 3 is 3.00 bits per heavy atom. The average molecular weight is 305 g/mol. The van der Waals surface area contributed by atoms with Gasteiger partial charge in [0.15, 0.2) is 0 Å². The van der Waals surface area contributed by atoms with Crippen LogP contribution in [0.3, 0.4) is 0 Å². The lowest BCUT2D eigenvalue weighted by Gasteiger charge is -2.31. The Kier molecular flexibility index (Phi) is 3.77. The number of benzene rings is 1. The number of hydrogen-bond acceptors (Lipinski definition) is 2. The average Bonchev–Trinajstić information content (AvgIpc) is 2.20. The van der Waals surface area contributed by atoms with Crippen molar-refractivity contribution in [3.05, 3.63) is 27.2 Å². The summed E-state index contributed by atoms with van der Waals surface area (Å²) in [6.45, 7) is 5.15. The summed E-state index contributed by atoms with van der Waals surface area (Å²) in [4.78, 5) is 0. The Balaban J connectivity index is 2.43. The normalized spacial score (nSPS) is 23.8. The van der Waals surface area contributed by atoms with E-state index in [1.807, 2.05) is 12.1 Å². The summed E-state index contributed by atoms with van der Waals surface area (Å²) in [5, 5.41) is 4.21. The highest BCUT2D eigenvalue weighted by Gasteiger charge is 2.27. The van der Waals surface area contributed by atoms with Crippen molar-refractivity contribution in [2.45, 2.75) is 32.4 Å². The van der Waals surface area contributed by atoms with Gasteiger partial charge in [-0.15, -0.1) is 0 Å².